The number of aromatic amines is 1. The van der Waals surface area contributed by atoms with Crippen LogP contribution in [0.2, 0.25) is 0 Å². The summed E-state index contributed by atoms with van der Waals surface area (Å²) in [5.74, 6) is -0.201. The fraction of sp³-hybridized carbons (Fsp3) is 0.444. The number of amides is 1. The first-order chi connectivity index (χ1) is 13.0. The summed E-state index contributed by atoms with van der Waals surface area (Å²) in [4.78, 5) is 29.4. The highest BCUT2D eigenvalue weighted by molar-refractivity contribution is 6.11. The molecule has 27 heavy (non-hydrogen) atoms. The number of carbonyl (C=O) groups excluding carboxylic acids is 2. The molecule has 2 heterocycles. The number of carbonyl (C=O) groups is 2. The van der Waals surface area contributed by atoms with Crippen LogP contribution in [0.5, 0.6) is 5.75 Å². The lowest BCUT2D eigenvalue weighted by Gasteiger charge is -2.19. The van der Waals surface area contributed by atoms with Crippen LogP contribution in [0.25, 0.3) is 10.9 Å². The predicted molar refractivity (Wildman–Crippen MR) is 98.0 cm³/mol. The molecule has 9 heteroatoms. The maximum absolute atomic E-state index is 12.5. The molecule has 9 nitrogen and oxygen atoms in total. The van der Waals surface area contributed by atoms with Crippen molar-refractivity contribution in [1.29, 1.82) is 0 Å². The smallest absolute Gasteiger partial charge is 0.356 e. The molecule has 146 valence electrons. The zero-order chi connectivity index (χ0) is 19.4. The van der Waals surface area contributed by atoms with Crippen LogP contribution in [0, 0.1) is 0 Å². The fourth-order valence-corrected chi connectivity index (χ4v) is 2.94. The largest absolute Gasteiger partial charge is 0.497 e. The highest BCUT2D eigenvalue weighted by atomic mass is 16.7. The van der Waals surface area contributed by atoms with Crippen LogP contribution in [0.4, 0.5) is 5.69 Å². The van der Waals surface area contributed by atoms with E-state index in [2.05, 4.69) is 10.3 Å². The van der Waals surface area contributed by atoms with Crippen LogP contribution in [0.15, 0.2) is 18.2 Å². The van der Waals surface area contributed by atoms with Crippen LogP contribution in [0.1, 0.15) is 10.5 Å². The molecule has 0 spiro atoms. The van der Waals surface area contributed by atoms with Crippen LogP contribution in [-0.2, 0) is 19.0 Å². The third kappa shape index (κ3) is 4.38. The number of aromatic nitrogens is 1. The third-order valence-corrected chi connectivity index (χ3v) is 4.22. The van der Waals surface area contributed by atoms with Crippen molar-refractivity contribution in [3.8, 4) is 5.75 Å². The van der Waals surface area contributed by atoms with E-state index in [1.807, 2.05) is 0 Å². The summed E-state index contributed by atoms with van der Waals surface area (Å²) in [5.41, 5.74) is 1.22. The molecule has 1 aromatic carbocycles. The number of H-pyrrole nitrogens is 1. The van der Waals surface area contributed by atoms with Gasteiger partial charge in [0.15, 0.2) is 6.29 Å². The molecule has 1 amide bonds. The molecular weight excluding hydrogens is 354 g/mol. The topological polar surface area (TPSA) is 102 Å². The maximum atomic E-state index is 12.5. The van der Waals surface area contributed by atoms with Gasteiger partial charge in [-0.25, -0.2) is 4.79 Å². The quantitative estimate of drug-likeness (QED) is 0.699. The zero-order valence-corrected chi connectivity index (χ0v) is 15.5. The van der Waals surface area contributed by atoms with Gasteiger partial charge in [0.2, 0.25) is 5.91 Å². The molecule has 1 saturated heterocycles. The van der Waals surface area contributed by atoms with Gasteiger partial charge in [0.25, 0.3) is 0 Å². The van der Waals surface area contributed by atoms with Crippen molar-refractivity contribution in [2.45, 2.75) is 6.29 Å². The summed E-state index contributed by atoms with van der Waals surface area (Å²) in [5, 5.41) is 3.50. The van der Waals surface area contributed by atoms with E-state index in [1.54, 1.807) is 37.3 Å². The van der Waals surface area contributed by atoms with E-state index in [-0.39, 0.29) is 24.4 Å². The SMILES string of the molecule is COC(=O)c1[nH]c2cc(OC)ccc2c1NC(=O)CN(C)CC1OCCO1. The fourth-order valence-electron chi connectivity index (χ4n) is 2.94. The molecule has 0 bridgehead atoms. The molecule has 2 aromatic rings. The average molecular weight is 377 g/mol. The first-order valence-corrected chi connectivity index (χ1v) is 8.51. The molecule has 2 N–H and O–H groups in total. The van der Waals surface area contributed by atoms with Gasteiger partial charge in [0.1, 0.15) is 11.4 Å². The molecule has 1 fully saturated rings. The summed E-state index contributed by atoms with van der Waals surface area (Å²) in [6, 6.07) is 5.28. The normalized spacial score (nSPS) is 14.7. The monoisotopic (exact) mass is 377 g/mol. The average Bonchev–Trinajstić information content (AvgIpc) is 3.28. The van der Waals surface area contributed by atoms with Crippen LogP contribution < -0.4 is 10.1 Å². The third-order valence-electron chi connectivity index (χ3n) is 4.22. The van der Waals surface area contributed by atoms with Crippen molar-refractivity contribution in [1.82, 2.24) is 9.88 Å². The molecule has 1 aliphatic heterocycles. The number of nitrogens with one attached hydrogen (secondary N) is 2. The molecule has 1 aliphatic rings. The number of methoxy groups -OCH3 is 2. The first-order valence-electron chi connectivity index (χ1n) is 8.51. The van der Waals surface area contributed by atoms with Crippen molar-refractivity contribution in [3.63, 3.8) is 0 Å². The Morgan fingerprint density at radius 1 is 1.30 bits per heavy atom. The number of likely N-dealkylation sites (N-methyl/N-ethyl adjacent to an activating group) is 1. The highest BCUT2D eigenvalue weighted by Gasteiger charge is 2.22. The Morgan fingerprint density at radius 3 is 2.70 bits per heavy atom. The number of anilines is 1. The van der Waals surface area contributed by atoms with Crippen molar-refractivity contribution in [2.24, 2.45) is 0 Å². The zero-order valence-electron chi connectivity index (χ0n) is 15.5. The minimum absolute atomic E-state index is 0.118. The van der Waals surface area contributed by atoms with Crippen molar-refractivity contribution < 1.29 is 28.5 Å². The van der Waals surface area contributed by atoms with Gasteiger partial charge >= 0.3 is 5.97 Å². The van der Waals surface area contributed by atoms with E-state index >= 15 is 0 Å². The number of rotatable bonds is 7. The van der Waals surface area contributed by atoms with E-state index in [1.165, 1.54) is 7.11 Å². The Bertz CT molecular complexity index is 828. The molecule has 3 rings (SSSR count). The second-order valence-corrected chi connectivity index (χ2v) is 6.19. The second-order valence-electron chi connectivity index (χ2n) is 6.19. The maximum Gasteiger partial charge on any atom is 0.356 e. The molecular formula is C18H23N3O6. The molecule has 0 aliphatic carbocycles. The number of nitrogens with zero attached hydrogens (tertiary/aromatic N) is 1. The summed E-state index contributed by atoms with van der Waals surface area (Å²) >= 11 is 0. The van der Waals surface area contributed by atoms with Crippen molar-refractivity contribution in [3.05, 3.63) is 23.9 Å². The minimum atomic E-state index is -0.568. The van der Waals surface area contributed by atoms with Gasteiger partial charge in [0, 0.05) is 18.0 Å². The Hall–Kier alpha value is -2.62. The Balaban J connectivity index is 1.77. The van der Waals surface area contributed by atoms with Crippen LogP contribution in [-0.4, -0.2) is 75.6 Å². The van der Waals surface area contributed by atoms with Gasteiger partial charge in [-0.15, -0.1) is 0 Å². The van der Waals surface area contributed by atoms with Crippen LogP contribution >= 0.6 is 0 Å². The van der Waals surface area contributed by atoms with E-state index in [9.17, 15) is 9.59 Å². The number of esters is 1. The van der Waals surface area contributed by atoms with E-state index < -0.39 is 5.97 Å². The number of ether oxygens (including phenoxy) is 4. The number of hydrogen-bond donors (Lipinski definition) is 2. The summed E-state index contributed by atoms with van der Waals surface area (Å²) in [6.45, 7) is 1.72. The molecule has 0 unspecified atom stereocenters. The lowest BCUT2D eigenvalue weighted by Crippen LogP contribution is -2.36. The van der Waals surface area contributed by atoms with E-state index in [4.69, 9.17) is 18.9 Å². The summed E-state index contributed by atoms with van der Waals surface area (Å²) in [6.07, 6.45) is -0.325. The first kappa shape index (κ1) is 19.2. The Labute approximate surface area is 156 Å². The molecule has 1 aromatic heterocycles. The standard InChI is InChI=1S/C18H23N3O6/c1-21(10-15-26-6-7-27-15)9-14(22)20-16-12-5-4-11(24-2)8-13(12)19-17(16)18(23)25-3/h4-5,8,15,19H,6-7,9-10H2,1-3H3,(H,20,22). The van der Waals surface area contributed by atoms with Gasteiger partial charge in [-0.3, -0.25) is 9.69 Å². The lowest BCUT2D eigenvalue weighted by atomic mass is 10.2. The molecule has 0 saturated carbocycles. The highest BCUT2D eigenvalue weighted by Crippen LogP contribution is 2.31. The second kappa shape index (κ2) is 8.38. The number of hydrogen-bond acceptors (Lipinski definition) is 7. The number of fused-ring (bicyclic) bond motifs is 1. The van der Waals surface area contributed by atoms with Gasteiger partial charge in [0.05, 0.1) is 45.2 Å². The minimum Gasteiger partial charge on any atom is -0.497 e. The summed E-state index contributed by atoms with van der Waals surface area (Å²) in [7, 11) is 4.64. The Morgan fingerprint density at radius 2 is 2.04 bits per heavy atom. The van der Waals surface area contributed by atoms with E-state index in [0.717, 1.165) is 0 Å². The van der Waals surface area contributed by atoms with Crippen molar-refractivity contribution in [2.75, 3.05) is 52.9 Å². The van der Waals surface area contributed by atoms with Gasteiger partial charge in [-0.2, -0.15) is 0 Å². The van der Waals surface area contributed by atoms with Gasteiger partial charge in [-0.1, -0.05) is 0 Å². The van der Waals surface area contributed by atoms with Crippen LogP contribution in [0.3, 0.4) is 0 Å². The van der Waals surface area contributed by atoms with Gasteiger partial charge in [-0.05, 0) is 19.2 Å². The predicted octanol–water partition coefficient (Wildman–Crippen LogP) is 1.21. The van der Waals surface area contributed by atoms with Crippen molar-refractivity contribution >= 4 is 28.5 Å². The molecule has 0 atom stereocenters. The summed E-state index contributed by atoms with van der Waals surface area (Å²) < 4.78 is 20.8. The van der Waals surface area contributed by atoms with Gasteiger partial charge < -0.3 is 29.2 Å². The Kier molecular flexibility index (Phi) is 5.94. The van der Waals surface area contributed by atoms with E-state index in [0.29, 0.717) is 42.1 Å². The molecule has 0 radical (unpaired) electrons. The number of benzene rings is 1. The lowest BCUT2D eigenvalue weighted by molar-refractivity contribution is -0.118.